The van der Waals surface area contributed by atoms with Crippen LogP contribution in [0.5, 0.6) is 5.75 Å². The van der Waals surface area contributed by atoms with Crippen LogP contribution < -0.4 is 10.1 Å². The highest BCUT2D eigenvalue weighted by Gasteiger charge is 2.58. The first-order chi connectivity index (χ1) is 14.1. The van der Waals surface area contributed by atoms with Crippen molar-refractivity contribution in [3.8, 4) is 18.1 Å². The van der Waals surface area contributed by atoms with Gasteiger partial charge in [-0.2, -0.15) is 0 Å². The van der Waals surface area contributed by atoms with E-state index >= 15 is 0 Å². The fourth-order valence-electron chi connectivity index (χ4n) is 4.35. The number of thioether (sulfide) groups is 1. The average molecular weight is 413 g/mol. The van der Waals surface area contributed by atoms with Crippen molar-refractivity contribution in [1.82, 2.24) is 10.3 Å². The van der Waals surface area contributed by atoms with Crippen LogP contribution in [0.1, 0.15) is 37.7 Å². The van der Waals surface area contributed by atoms with E-state index in [1.807, 2.05) is 24.3 Å². The van der Waals surface area contributed by atoms with Crippen LogP contribution in [-0.2, 0) is 9.47 Å². The van der Waals surface area contributed by atoms with Crippen molar-refractivity contribution in [3.63, 3.8) is 0 Å². The normalized spacial score (nSPS) is 20.1. The third kappa shape index (κ3) is 3.85. The molecular weight excluding hydrogens is 384 g/mol. The van der Waals surface area contributed by atoms with Gasteiger partial charge in [-0.05, 0) is 62.6 Å². The highest BCUT2D eigenvalue weighted by atomic mass is 32.2. The smallest absolute Gasteiger partial charge is 0.174 e. The quantitative estimate of drug-likeness (QED) is 0.497. The zero-order chi connectivity index (χ0) is 20.5. The molecule has 154 valence electrons. The molecule has 0 saturated heterocycles. The van der Waals surface area contributed by atoms with Gasteiger partial charge in [0.1, 0.15) is 5.75 Å². The summed E-state index contributed by atoms with van der Waals surface area (Å²) in [5.41, 5.74) is 1.48. The first kappa shape index (κ1) is 20.5. The second-order valence-corrected chi connectivity index (χ2v) is 8.90. The van der Waals surface area contributed by atoms with E-state index in [9.17, 15) is 0 Å². The third-order valence-corrected chi connectivity index (χ3v) is 7.12. The highest BCUT2D eigenvalue weighted by Crippen LogP contribution is 2.49. The van der Waals surface area contributed by atoms with Gasteiger partial charge in [-0.1, -0.05) is 5.92 Å². The number of aromatic nitrogens is 1. The number of fused-ring (bicyclic) bond motifs is 1. The second-order valence-electron chi connectivity index (χ2n) is 8.00. The zero-order valence-electron chi connectivity index (χ0n) is 17.2. The summed E-state index contributed by atoms with van der Waals surface area (Å²) in [6.07, 6.45) is 14.5. The Morgan fingerprint density at radius 3 is 2.45 bits per heavy atom. The van der Waals surface area contributed by atoms with Gasteiger partial charge in [-0.3, -0.25) is 10.3 Å². The Hall–Kier alpha value is -1.78. The summed E-state index contributed by atoms with van der Waals surface area (Å²) in [5, 5.41) is 4.90. The molecule has 2 aliphatic carbocycles. The van der Waals surface area contributed by atoms with Gasteiger partial charge in [0.2, 0.25) is 0 Å². The number of terminal acetylenes is 1. The first-order valence-electron chi connectivity index (χ1n) is 9.99. The van der Waals surface area contributed by atoms with Gasteiger partial charge in [-0.15, -0.1) is 18.2 Å². The molecule has 6 heteroatoms. The van der Waals surface area contributed by atoms with Crippen LogP contribution >= 0.6 is 11.8 Å². The van der Waals surface area contributed by atoms with Crippen LogP contribution in [0.15, 0.2) is 30.5 Å². The van der Waals surface area contributed by atoms with E-state index < -0.39 is 0 Å². The molecule has 1 atom stereocenters. The highest BCUT2D eigenvalue weighted by molar-refractivity contribution is 7.99. The lowest BCUT2D eigenvalue weighted by Gasteiger charge is -2.49. The molecule has 0 bridgehead atoms. The minimum absolute atomic E-state index is 0.00411. The van der Waals surface area contributed by atoms with Gasteiger partial charge >= 0.3 is 0 Å². The lowest BCUT2D eigenvalue weighted by atomic mass is 9.75. The second kappa shape index (κ2) is 8.16. The number of ether oxygens (including phenoxy) is 3. The fraction of sp³-hybridized carbons (Fsp3) is 0.522. The van der Waals surface area contributed by atoms with Crippen LogP contribution in [0.25, 0.3) is 10.9 Å². The molecule has 29 heavy (non-hydrogen) atoms. The predicted molar refractivity (Wildman–Crippen MR) is 117 cm³/mol. The number of hydrogen-bond acceptors (Lipinski definition) is 6. The monoisotopic (exact) mass is 412 g/mol. The van der Waals surface area contributed by atoms with Crippen LogP contribution in [0.3, 0.4) is 0 Å². The molecule has 0 radical (unpaired) electrons. The molecule has 1 aromatic carbocycles. The maximum Gasteiger partial charge on any atom is 0.174 e. The van der Waals surface area contributed by atoms with Crippen LogP contribution in [-0.4, -0.2) is 48.3 Å². The Balaban J connectivity index is 1.54. The van der Waals surface area contributed by atoms with E-state index in [0.29, 0.717) is 0 Å². The summed E-state index contributed by atoms with van der Waals surface area (Å²) < 4.78 is 17.7. The summed E-state index contributed by atoms with van der Waals surface area (Å²) in [6, 6.07) is 7.96. The number of pyridine rings is 1. The fourth-order valence-corrected chi connectivity index (χ4v) is 5.30. The van der Waals surface area contributed by atoms with Gasteiger partial charge in [0.15, 0.2) is 11.7 Å². The molecule has 2 aliphatic rings. The predicted octanol–water partition coefficient (Wildman–Crippen LogP) is 3.95. The lowest BCUT2D eigenvalue weighted by molar-refractivity contribution is -0.181. The molecular formula is C23H28N2O3S. The van der Waals surface area contributed by atoms with Crippen molar-refractivity contribution in [2.24, 2.45) is 0 Å². The van der Waals surface area contributed by atoms with Crippen LogP contribution in [0.2, 0.25) is 0 Å². The first-order valence-corrected chi connectivity index (χ1v) is 11.3. The third-order valence-electron chi connectivity index (χ3n) is 6.14. The van der Waals surface area contributed by atoms with E-state index in [4.69, 9.17) is 20.6 Å². The molecule has 0 amide bonds. The molecule has 1 unspecified atom stereocenters. The summed E-state index contributed by atoms with van der Waals surface area (Å²) in [7, 11) is 3.43. The summed E-state index contributed by atoms with van der Waals surface area (Å²) in [6.45, 7) is 0. The van der Waals surface area contributed by atoms with E-state index in [-0.39, 0.29) is 22.8 Å². The van der Waals surface area contributed by atoms with Gasteiger partial charge < -0.3 is 14.2 Å². The van der Waals surface area contributed by atoms with Crippen molar-refractivity contribution in [1.29, 1.82) is 0 Å². The molecule has 2 fully saturated rings. The van der Waals surface area contributed by atoms with Crippen molar-refractivity contribution in [2.75, 3.05) is 20.5 Å². The van der Waals surface area contributed by atoms with Crippen molar-refractivity contribution < 1.29 is 14.2 Å². The van der Waals surface area contributed by atoms with Gasteiger partial charge in [0.25, 0.3) is 0 Å². The molecule has 2 aromatic rings. The number of nitrogens with one attached hydrogen (secondary N) is 1. The Morgan fingerprint density at radius 1 is 1.14 bits per heavy atom. The van der Waals surface area contributed by atoms with E-state index in [0.717, 1.165) is 47.9 Å². The van der Waals surface area contributed by atoms with E-state index in [2.05, 4.69) is 22.5 Å². The molecule has 0 spiro atoms. The lowest BCUT2D eigenvalue weighted by Crippen LogP contribution is -2.66. The van der Waals surface area contributed by atoms with Crippen molar-refractivity contribution in [3.05, 3.63) is 36.0 Å². The van der Waals surface area contributed by atoms with Crippen molar-refractivity contribution in [2.45, 2.75) is 54.9 Å². The van der Waals surface area contributed by atoms with E-state index in [1.54, 1.807) is 32.2 Å². The number of hydrogen-bond donors (Lipinski definition) is 1. The molecule has 0 aliphatic heterocycles. The van der Waals surface area contributed by atoms with Gasteiger partial charge in [0.05, 0.1) is 16.6 Å². The Bertz CT molecular complexity index is 914. The number of rotatable bonds is 9. The molecule has 5 nitrogen and oxygen atoms in total. The van der Waals surface area contributed by atoms with Crippen LogP contribution in [0.4, 0.5) is 0 Å². The number of benzene rings is 1. The minimum Gasteiger partial charge on any atom is -0.478 e. The summed E-state index contributed by atoms with van der Waals surface area (Å²) in [4.78, 5) is 4.42. The molecule has 4 rings (SSSR count). The van der Waals surface area contributed by atoms with Gasteiger partial charge in [-0.25, -0.2) is 0 Å². The number of nitrogens with zero attached hydrogens (tertiary/aromatic N) is 1. The topological polar surface area (TPSA) is 52.6 Å². The summed E-state index contributed by atoms with van der Waals surface area (Å²) in [5.74, 6) is 3.48. The van der Waals surface area contributed by atoms with Crippen LogP contribution in [0, 0.1) is 12.3 Å². The Morgan fingerprint density at radius 2 is 1.90 bits per heavy atom. The maximum atomic E-state index is 6.47. The van der Waals surface area contributed by atoms with Gasteiger partial charge in [0, 0.05) is 31.4 Å². The largest absolute Gasteiger partial charge is 0.478 e. The minimum atomic E-state index is -0.245. The molecule has 2 saturated carbocycles. The molecule has 1 aromatic heterocycles. The molecule has 1 heterocycles. The standard InChI is InChI=1S/C23H28N2O3S/c1-5-16-13-17-14-18(7-8-19(17)24-15-16)28-21(29-4)23(11-12-23)25-22(9-6-10-22)20(26-2)27-3/h1,7-8,13-15,20-21,25H,6,9-12H2,2-4H3. The number of methoxy groups -OCH3 is 2. The van der Waals surface area contributed by atoms with E-state index in [1.165, 1.54) is 6.42 Å². The summed E-state index contributed by atoms with van der Waals surface area (Å²) >= 11 is 1.74. The maximum absolute atomic E-state index is 6.47. The Kier molecular flexibility index (Phi) is 5.76. The SMILES string of the molecule is C#Cc1cnc2ccc(OC(SC)C3(NC4(C(OC)OC)CCC4)CC3)cc2c1. The zero-order valence-corrected chi connectivity index (χ0v) is 18.1. The molecule has 1 N–H and O–H groups in total. The average Bonchev–Trinajstić information content (AvgIpc) is 3.50. The van der Waals surface area contributed by atoms with Crippen molar-refractivity contribution >= 4 is 22.7 Å². The Labute approximate surface area is 176 Å².